The Morgan fingerprint density at radius 3 is 2.29 bits per heavy atom. The van der Waals surface area contributed by atoms with Crippen molar-refractivity contribution in [2.45, 2.75) is 30.9 Å². The number of carbonyl (C=O) groups is 5. The number of esters is 1. The lowest BCUT2D eigenvalue weighted by molar-refractivity contribution is -0.154. The van der Waals surface area contributed by atoms with Crippen molar-refractivity contribution in [3.05, 3.63) is 82.5 Å². The first-order valence-electron chi connectivity index (χ1n) is 12.7. The van der Waals surface area contributed by atoms with Gasteiger partial charge in [-0.1, -0.05) is 87.9 Å². The van der Waals surface area contributed by atoms with Crippen molar-refractivity contribution in [3.8, 4) is 0 Å². The first kappa shape index (κ1) is 29.6. The number of rotatable bonds is 10. The molecule has 0 radical (unpaired) electrons. The Kier molecular flexibility index (Phi) is 9.14. The molecule has 1 unspecified atom stereocenters. The van der Waals surface area contributed by atoms with E-state index in [1.54, 1.807) is 0 Å². The van der Waals surface area contributed by atoms with Crippen molar-refractivity contribution in [1.29, 1.82) is 0 Å². The molecule has 1 saturated heterocycles. The van der Waals surface area contributed by atoms with E-state index in [4.69, 9.17) is 4.74 Å². The Morgan fingerprint density at radius 1 is 1.05 bits per heavy atom. The zero-order valence-corrected chi connectivity index (χ0v) is 25.3. The highest BCUT2D eigenvalue weighted by Gasteiger charge is 2.55. The van der Waals surface area contributed by atoms with E-state index in [1.165, 1.54) is 23.6 Å². The standard InChI is InChI=1S/C28H24BrN5O6S2/c1-15(35)30-28-33-32-24(42-28)19-14-41-26-21(31-20(37)12-18(36)13-29)25(38)34(26)22(19)27(39)40-23(16-8-4-2-5-9-16)17-10-6-3-7-11-17/h2-11,21,23,26H,12-14H2,1H3,(H,31,37)(H,30,33,35)/t21?,26-/m1/s1. The Labute approximate surface area is 257 Å². The molecule has 2 atom stereocenters. The van der Waals surface area contributed by atoms with Crippen molar-refractivity contribution in [2.24, 2.45) is 0 Å². The van der Waals surface area contributed by atoms with Gasteiger partial charge in [-0.25, -0.2) is 4.79 Å². The number of nitrogens with one attached hydrogen (secondary N) is 2. The van der Waals surface area contributed by atoms with Gasteiger partial charge in [0.25, 0.3) is 5.91 Å². The minimum Gasteiger partial charge on any atom is -0.448 e. The van der Waals surface area contributed by atoms with Crippen LogP contribution in [-0.2, 0) is 28.7 Å². The normalized spacial score (nSPS) is 17.8. The van der Waals surface area contributed by atoms with Gasteiger partial charge in [0.2, 0.25) is 16.9 Å². The smallest absolute Gasteiger partial charge is 0.356 e. The van der Waals surface area contributed by atoms with Crippen molar-refractivity contribution in [1.82, 2.24) is 20.4 Å². The average molecular weight is 671 g/mol. The van der Waals surface area contributed by atoms with E-state index in [0.29, 0.717) is 10.6 Å². The largest absolute Gasteiger partial charge is 0.448 e. The van der Waals surface area contributed by atoms with E-state index in [0.717, 1.165) is 22.5 Å². The molecule has 216 valence electrons. The summed E-state index contributed by atoms with van der Waals surface area (Å²) in [6, 6.07) is 17.6. The van der Waals surface area contributed by atoms with Crippen LogP contribution in [0.4, 0.5) is 5.13 Å². The average Bonchev–Trinajstić information content (AvgIpc) is 3.46. The molecule has 3 amide bonds. The number of halogens is 1. The second-order valence-electron chi connectivity index (χ2n) is 9.33. The number of ether oxygens (including phenoxy) is 1. The third-order valence-electron chi connectivity index (χ3n) is 6.38. The summed E-state index contributed by atoms with van der Waals surface area (Å²) in [4.78, 5) is 64.4. The first-order valence-corrected chi connectivity index (χ1v) is 15.7. The number of benzene rings is 2. The number of amides is 3. The molecule has 1 fully saturated rings. The number of anilines is 1. The van der Waals surface area contributed by atoms with Gasteiger partial charge in [0.15, 0.2) is 11.9 Å². The zero-order valence-electron chi connectivity index (χ0n) is 22.1. The van der Waals surface area contributed by atoms with E-state index in [-0.39, 0.29) is 40.0 Å². The zero-order chi connectivity index (χ0) is 29.8. The molecule has 14 heteroatoms. The summed E-state index contributed by atoms with van der Waals surface area (Å²) in [7, 11) is 0. The molecule has 2 aromatic carbocycles. The number of Topliss-reactive ketones (excluding diaryl/α,β-unsaturated/α-hetero) is 1. The number of ketones is 1. The molecule has 11 nitrogen and oxygen atoms in total. The lowest BCUT2D eigenvalue weighted by atomic mass is 10.0. The molecule has 0 bridgehead atoms. The number of carbonyl (C=O) groups excluding carboxylic acids is 5. The maximum atomic E-state index is 14.0. The minimum atomic E-state index is -0.918. The fraction of sp³-hybridized carbons (Fsp3) is 0.250. The fourth-order valence-electron chi connectivity index (χ4n) is 4.52. The van der Waals surface area contributed by atoms with Gasteiger partial charge >= 0.3 is 5.97 Å². The number of thioether (sulfide) groups is 1. The molecule has 3 aromatic rings. The maximum Gasteiger partial charge on any atom is 0.356 e. The molecule has 2 aliphatic heterocycles. The summed E-state index contributed by atoms with van der Waals surface area (Å²) in [5, 5.41) is 13.4. The molecule has 2 aliphatic rings. The monoisotopic (exact) mass is 669 g/mol. The number of nitrogens with zero attached hydrogens (tertiary/aromatic N) is 3. The minimum absolute atomic E-state index is 0.00632. The number of hydrogen-bond donors (Lipinski definition) is 2. The van der Waals surface area contributed by atoms with E-state index in [1.807, 2.05) is 60.7 Å². The van der Waals surface area contributed by atoms with Crippen molar-refractivity contribution < 1.29 is 28.7 Å². The van der Waals surface area contributed by atoms with Gasteiger partial charge in [0, 0.05) is 18.2 Å². The molecule has 0 saturated carbocycles. The third-order valence-corrected chi connectivity index (χ3v) is 9.18. The second-order valence-corrected chi connectivity index (χ2v) is 12.0. The maximum absolute atomic E-state index is 14.0. The summed E-state index contributed by atoms with van der Waals surface area (Å²) in [5.74, 6) is -2.24. The Bertz CT molecular complexity index is 1530. The Morgan fingerprint density at radius 2 is 1.69 bits per heavy atom. The predicted molar refractivity (Wildman–Crippen MR) is 160 cm³/mol. The molecule has 42 heavy (non-hydrogen) atoms. The topological polar surface area (TPSA) is 148 Å². The number of hydrogen-bond acceptors (Lipinski definition) is 10. The summed E-state index contributed by atoms with van der Waals surface area (Å²) in [5.41, 5.74) is 1.89. The number of β-lactam (4-membered cyclic amide) rings is 1. The van der Waals surface area contributed by atoms with E-state index >= 15 is 0 Å². The number of fused-ring (bicyclic) bond motifs is 1. The van der Waals surface area contributed by atoms with Crippen LogP contribution in [0.3, 0.4) is 0 Å². The predicted octanol–water partition coefficient (Wildman–Crippen LogP) is 3.29. The van der Waals surface area contributed by atoms with Crippen LogP contribution in [0.15, 0.2) is 66.4 Å². The SMILES string of the molecule is CC(=O)Nc1nnc(C2=C(C(=O)OC(c3ccccc3)c3ccccc3)N3C(=O)C(NC(=O)CC(=O)CBr)[C@H]3SC2)s1. The quantitative estimate of drug-likeness (QED) is 0.144. The fourth-order valence-corrected chi connectivity index (χ4v) is 6.99. The Hall–Kier alpha value is -3.88. The summed E-state index contributed by atoms with van der Waals surface area (Å²) >= 11 is 5.43. The molecular formula is C28H24BrN5O6S2. The second kappa shape index (κ2) is 13.0. The molecule has 0 spiro atoms. The Balaban J connectivity index is 1.49. The van der Waals surface area contributed by atoms with Gasteiger partial charge in [-0.15, -0.1) is 22.0 Å². The molecule has 1 aromatic heterocycles. The van der Waals surface area contributed by atoms with E-state index in [9.17, 15) is 24.0 Å². The van der Waals surface area contributed by atoms with Crippen LogP contribution in [0.5, 0.6) is 0 Å². The molecule has 3 heterocycles. The van der Waals surface area contributed by atoms with Gasteiger partial charge in [0.1, 0.15) is 22.1 Å². The van der Waals surface area contributed by atoms with Crippen molar-refractivity contribution in [3.63, 3.8) is 0 Å². The van der Waals surface area contributed by atoms with Crippen LogP contribution in [0.2, 0.25) is 0 Å². The van der Waals surface area contributed by atoms with Crippen LogP contribution in [0.1, 0.15) is 35.6 Å². The van der Waals surface area contributed by atoms with E-state index in [2.05, 4.69) is 36.8 Å². The van der Waals surface area contributed by atoms with Gasteiger partial charge in [-0.2, -0.15) is 0 Å². The van der Waals surface area contributed by atoms with Crippen LogP contribution in [0, 0.1) is 0 Å². The highest BCUT2D eigenvalue weighted by molar-refractivity contribution is 9.09. The van der Waals surface area contributed by atoms with Crippen LogP contribution < -0.4 is 10.6 Å². The van der Waals surface area contributed by atoms with Crippen molar-refractivity contribution in [2.75, 3.05) is 16.4 Å². The van der Waals surface area contributed by atoms with Crippen molar-refractivity contribution >= 4 is 79.2 Å². The summed E-state index contributed by atoms with van der Waals surface area (Å²) in [6.07, 6.45) is -1.14. The van der Waals surface area contributed by atoms with Gasteiger partial charge in [-0.05, 0) is 11.1 Å². The highest BCUT2D eigenvalue weighted by Crippen LogP contribution is 2.45. The van der Waals surface area contributed by atoms with Crippen LogP contribution in [0.25, 0.3) is 5.57 Å². The first-order chi connectivity index (χ1) is 20.3. The lowest BCUT2D eigenvalue weighted by Crippen LogP contribution is -2.70. The molecule has 2 N–H and O–H groups in total. The highest BCUT2D eigenvalue weighted by atomic mass is 79.9. The molecular weight excluding hydrogens is 646 g/mol. The number of alkyl halides is 1. The lowest BCUT2D eigenvalue weighted by Gasteiger charge is -2.49. The van der Waals surface area contributed by atoms with Crippen LogP contribution in [-0.4, -0.2) is 67.1 Å². The molecule has 5 rings (SSSR count). The van der Waals surface area contributed by atoms with E-state index < -0.39 is 35.3 Å². The van der Waals surface area contributed by atoms with Gasteiger partial charge in [0.05, 0.1) is 11.8 Å². The van der Waals surface area contributed by atoms with Gasteiger partial charge in [-0.3, -0.25) is 24.1 Å². The third kappa shape index (κ3) is 6.30. The molecule has 0 aliphatic carbocycles. The summed E-state index contributed by atoms with van der Waals surface area (Å²) < 4.78 is 6.12. The van der Waals surface area contributed by atoms with Gasteiger partial charge < -0.3 is 15.4 Å². The van der Waals surface area contributed by atoms with Crippen LogP contribution >= 0.6 is 39.0 Å². The summed E-state index contributed by atoms with van der Waals surface area (Å²) in [6.45, 7) is 1.34. The number of aromatic nitrogens is 2.